The van der Waals surface area contributed by atoms with Crippen molar-refractivity contribution in [3.05, 3.63) is 27.8 Å². The van der Waals surface area contributed by atoms with Gasteiger partial charge in [-0.15, -0.1) is 0 Å². The van der Waals surface area contributed by atoms with Crippen LogP contribution in [0.5, 0.6) is 0 Å². The number of rotatable bonds is 5. The van der Waals surface area contributed by atoms with Crippen LogP contribution in [0.25, 0.3) is 0 Å². The quantitative estimate of drug-likeness (QED) is 0.789. The molecule has 0 aromatic heterocycles. The SMILES string of the molecule is CN(CC(=O)Nc1ccc(I)cc1)CC1CCCCO1. The Kier molecular flexibility index (Phi) is 6.25. The predicted molar refractivity (Wildman–Crippen MR) is 88.9 cm³/mol. The lowest BCUT2D eigenvalue weighted by atomic mass is 10.1. The molecule has 0 saturated carbocycles. The van der Waals surface area contributed by atoms with Gasteiger partial charge in [0.05, 0.1) is 12.6 Å². The van der Waals surface area contributed by atoms with E-state index < -0.39 is 0 Å². The maximum absolute atomic E-state index is 12.0. The number of carbonyl (C=O) groups is 1. The number of ether oxygens (including phenoxy) is 1. The van der Waals surface area contributed by atoms with Gasteiger partial charge in [-0.05, 0) is 73.2 Å². The van der Waals surface area contributed by atoms with Crippen molar-refractivity contribution in [2.75, 3.05) is 32.1 Å². The van der Waals surface area contributed by atoms with Crippen molar-refractivity contribution in [2.45, 2.75) is 25.4 Å². The summed E-state index contributed by atoms with van der Waals surface area (Å²) in [5, 5.41) is 2.91. The number of benzene rings is 1. The summed E-state index contributed by atoms with van der Waals surface area (Å²) >= 11 is 2.25. The van der Waals surface area contributed by atoms with E-state index in [1.165, 1.54) is 6.42 Å². The number of nitrogens with one attached hydrogen (secondary N) is 1. The fourth-order valence-electron chi connectivity index (χ4n) is 2.34. The van der Waals surface area contributed by atoms with Gasteiger partial charge in [-0.1, -0.05) is 0 Å². The van der Waals surface area contributed by atoms with Crippen molar-refractivity contribution >= 4 is 34.2 Å². The highest BCUT2D eigenvalue weighted by molar-refractivity contribution is 14.1. The third-order valence-electron chi connectivity index (χ3n) is 3.33. The normalized spacial score (nSPS) is 19.1. The molecule has 0 bridgehead atoms. The van der Waals surface area contributed by atoms with Crippen LogP contribution in [0.4, 0.5) is 5.69 Å². The molecule has 1 atom stereocenters. The number of hydrogen-bond acceptors (Lipinski definition) is 3. The number of carbonyl (C=O) groups excluding carboxylic acids is 1. The summed E-state index contributed by atoms with van der Waals surface area (Å²) in [6.45, 7) is 2.07. The summed E-state index contributed by atoms with van der Waals surface area (Å²) in [6.07, 6.45) is 3.77. The summed E-state index contributed by atoms with van der Waals surface area (Å²) in [5.74, 6) is 0.0181. The summed E-state index contributed by atoms with van der Waals surface area (Å²) in [4.78, 5) is 14.0. The first kappa shape index (κ1) is 15.7. The Balaban J connectivity index is 1.74. The molecule has 1 aromatic rings. The zero-order valence-electron chi connectivity index (χ0n) is 11.8. The van der Waals surface area contributed by atoms with Gasteiger partial charge in [-0.2, -0.15) is 0 Å². The van der Waals surface area contributed by atoms with Crippen molar-refractivity contribution in [2.24, 2.45) is 0 Å². The average Bonchev–Trinajstić information content (AvgIpc) is 2.42. The molecule has 1 unspecified atom stereocenters. The van der Waals surface area contributed by atoms with Crippen molar-refractivity contribution in [1.29, 1.82) is 0 Å². The minimum Gasteiger partial charge on any atom is -0.377 e. The molecule has 1 fully saturated rings. The zero-order valence-corrected chi connectivity index (χ0v) is 13.9. The van der Waals surface area contributed by atoms with Crippen LogP contribution in [0.15, 0.2) is 24.3 Å². The van der Waals surface area contributed by atoms with E-state index in [0.29, 0.717) is 6.54 Å². The van der Waals surface area contributed by atoms with Gasteiger partial charge in [0.1, 0.15) is 0 Å². The molecule has 20 heavy (non-hydrogen) atoms. The van der Waals surface area contributed by atoms with Gasteiger partial charge in [0.25, 0.3) is 0 Å². The van der Waals surface area contributed by atoms with Crippen molar-refractivity contribution in [3.8, 4) is 0 Å². The van der Waals surface area contributed by atoms with Gasteiger partial charge >= 0.3 is 0 Å². The first-order valence-electron chi connectivity index (χ1n) is 6.99. The van der Waals surface area contributed by atoms with E-state index in [9.17, 15) is 4.79 Å². The average molecular weight is 388 g/mol. The molecular weight excluding hydrogens is 367 g/mol. The number of halogens is 1. The highest BCUT2D eigenvalue weighted by Gasteiger charge is 2.17. The molecule has 110 valence electrons. The molecule has 5 heteroatoms. The second-order valence-electron chi connectivity index (χ2n) is 5.24. The fourth-order valence-corrected chi connectivity index (χ4v) is 2.70. The third kappa shape index (κ3) is 5.38. The van der Waals surface area contributed by atoms with Gasteiger partial charge in [0, 0.05) is 22.4 Å². The van der Waals surface area contributed by atoms with Crippen LogP contribution in [0, 0.1) is 3.57 Å². The van der Waals surface area contributed by atoms with Crippen LogP contribution in [-0.4, -0.2) is 43.7 Å². The number of likely N-dealkylation sites (N-methyl/N-ethyl adjacent to an activating group) is 1. The highest BCUT2D eigenvalue weighted by atomic mass is 127. The van der Waals surface area contributed by atoms with Crippen molar-refractivity contribution in [1.82, 2.24) is 4.90 Å². The Labute approximate surface area is 134 Å². The number of amides is 1. The van der Waals surface area contributed by atoms with Crippen LogP contribution in [0.3, 0.4) is 0 Å². The van der Waals surface area contributed by atoms with Gasteiger partial charge in [0.15, 0.2) is 0 Å². The van der Waals surface area contributed by atoms with Gasteiger partial charge in [0.2, 0.25) is 5.91 Å². The first-order chi connectivity index (χ1) is 9.63. The molecule has 0 radical (unpaired) electrons. The second-order valence-corrected chi connectivity index (χ2v) is 6.49. The molecular formula is C15H21IN2O2. The number of nitrogens with zero attached hydrogens (tertiary/aromatic N) is 1. The Morgan fingerprint density at radius 2 is 2.15 bits per heavy atom. The monoisotopic (exact) mass is 388 g/mol. The van der Waals surface area contributed by atoms with Crippen molar-refractivity contribution in [3.63, 3.8) is 0 Å². The third-order valence-corrected chi connectivity index (χ3v) is 4.05. The summed E-state index contributed by atoms with van der Waals surface area (Å²) < 4.78 is 6.85. The summed E-state index contributed by atoms with van der Waals surface area (Å²) in [7, 11) is 1.96. The fraction of sp³-hybridized carbons (Fsp3) is 0.533. The lowest BCUT2D eigenvalue weighted by molar-refractivity contribution is -0.117. The van der Waals surface area contributed by atoms with E-state index in [-0.39, 0.29) is 12.0 Å². The van der Waals surface area contributed by atoms with Gasteiger partial charge in [-0.3, -0.25) is 9.69 Å². The van der Waals surface area contributed by atoms with E-state index >= 15 is 0 Å². The topological polar surface area (TPSA) is 41.6 Å². The molecule has 1 heterocycles. The van der Waals surface area contributed by atoms with Crippen molar-refractivity contribution < 1.29 is 9.53 Å². The minimum absolute atomic E-state index is 0.0181. The lowest BCUT2D eigenvalue weighted by Gasteiger charge is -2.27. The summed E-state index contributed by atoms with van der Waals surface area (Å²) in [5.41, 5.74) is 0.845. The Morgan fingerprint density at radius 1 is 1.40 bits per heavy atom. The van der Waals surface area contributed by atoms with Crippen LogP contribution >= 0.6 is 22.6 Å². The van der Waals surface area contributed by atoms with Crippen LogP contribution in [0.1, 0.15) is 19.3 Å². The standard InChI is InChI=1S/C15H21IN2O2/c1-18(10-14-4-2-3-9-20-14)11-15(19)17-13-7-5-12(16)6-8-13/h5-8,14H,2-4,9-11H2,1H3,(H,17,19). The van der Waals surface area contributed by atoms with E-state index in [2.05, 4.69) is 27.9 Å². The van der Waals surface area contributed by atoms with Gasteiger partial charge in [-0.25, -0.2) is 0 Å². The maximum Gasteiger partial charge on any atom is 0.238 e. The molecule has 1 aliphatic rings. The van der Waals surface area contributed by atoms with E-state index in [4.69, 9.17) is 4.74 Å². The molecule has 1 aliphatic heterocycles. The number of hydrogen-bond donors (Lipinski definition) is 1. The molecule has 1 amide bonds. The van der Waals surface area contributed by atoms with Crippen LogP contribution in [0.2, 0.25) is 0 Å². The molecule has 2 rings (SSSR count). The van der Waals surface area contributed by atoms with Crippen LogP contribution in [-0.2, 0) is 9.53 Å². The minimum atomic E-state index is 0.0181. The van der Waals surface area contributed by atoms with E-state index in [1.54, 1.807) is 0 Å². The molecule has 0 spiro atoms. The Morgan fingerprint density at radius 3 is 2.80 bits per heavy atom. The Bertz CT molecular complexity index is 430. The van der Waals surface area contributed by atoms with E-state index in [0.717, 1.165) is 35.3 Å². The zero-order chi connectivity index (χ0) is 14.4. The second kappa shape index (κ2) is 7.95. The maximum atomic E-state index is 12.0. The van der Waals surface area contributed by atoms with Gasteiger partial charge < -0.3 is 10.1 Å². The predicted octanol–water partition coefficient (Wildman–Crippen LogP) is 2.73. The molecule has 0 aliphatic carbocycles. The smallest absolute Gasteiger partial charge is 0.238 e. The molecule has 1 saturated heterocycles. The number of anilines is 1. The Hall–Kier alpha value is -0.660. The highest BCUT2D eigenvalue weighted by Crippen LogP contribution is 2.14. The van der Waals surface area contributed by atoms with E-state index in [1.807, 2.05) is 36.2 Å². The van der Waals surface area contributed by atoms with Crippen LogP contribution < -0.4 is 5.32 Å². The molecule has 1 N–H and O–H groups in total. The summed E-state index contributed by atoms with van der Waals surface area (Å²) in [6, 6.07) is 7.80. The largest absolute Gasteiger partial charge is 0.377 e. The molecule has 4 nitrogen and oxygen atoms in total. The molecule has 1 aromatic carbocycles. The first-order valence-corrected chi connectivity index (χ1v) is 8.07. The lowest BCUT2D eigenvalue weighted by Crippen LogP contribution is -2.37.